The maximum absolute atomic E-state index is 13.8. The summed E-state index contributed by atoms with van der Waals surface area (Å²) < 4.78 is 34.7. The predicted molar refractivity (Wildman–Crippen MR) is 138 cm³/mol. The predicted octanol–water partition coefficient (Wildman–Crippen LogP) is 5.39. The normalized spacial score (nSPS) is 11.9. The molecule has 35 heavy (non-hydrogen) atoms. The van der Waals surface area contributed by atoms with Crippen molar-refractivity contribution in [3.8, 4) is 0 Å². The Morgan fingerprint density at radius 3 is 2.09 bits per heavy atom. The van der Waals surface area contributed by atoms with Gasteiger partial charge < -0.3 is 9.32 Å². The molecule has 0 saturated heterocycles. The van der Waals surface area contributed by atoms with Gasteiger partial charge in [0.25, 0.3) is 0 Å². The summed E-state index contributed by atoms with van der Waals surface area (Å²) in [6, 6.07) is 17.1. The van der Waals surface area contributed by atoms with Gasteiger partial charge in [-0.3, -0.25) is 4.79 Å². The number of hydrogen-bond acceptors (Lipinski definition) is 4. The Kier molecular flexibility index (Phi) is 8.56. The third kappa shape index (κ3) is 6.83. The topological polar surface area (TPSA) is 70.8 Å². The maximum Gasteiger partial charge on any atom is 0.244 e. The number of furan rings is 1. The average molecular weight is 497 g/mol. The highest BCUT2D eigenvalue weighted by atomic mass is 32.2. The van der Waals surface area contributed by atoms with Crippen molar-refractivity contribution in [2.45, 2.75) is 59.5 Å². The number of aryl methyl sites for hydroxylation is 4. The largest absolute Gasteiger partial charge is 0.464 e. The molecule has 0 bridgehead atoms. The standard InChI is InChI=1S/C28H36N2O4S/c1-20(2)16-30(35(32,33)28-22(4)14-21(3)15-23(28)5)19-27(31)29(17-25-10-8-7-9-11-25)18-26-13-12-24(6)34-26/h7-15,20H,16-19H2,1-6H3. The van der Waals surface area contributed by atoms with Crippen LogP contribution in [0.15, 0.2) is 63.9 Å². The molecule has 0 N–H and O–H groups in total. The Morgan fingerprint density at radius 1 is 0.914 bits per heavy atom. The number of benzene rings is 2. The van der Waals surface area contributed by atoms with E-state index in [0.29, 0.717) is 23.4 Å². The lowest BCUT2D eigenvalue weighted by Crippen LogP contribution is -2.44. The third-order valence-electron chi connectivity index (χ3n) is 5.79. The number of hydrogen-bond donors (Lipinski definition) is 0. The van der Waals surface area contributed by atoms with Crippen LogP contribution in [0.4, 0.5) is 0 Å². The van der Waals surface area contributed by atoms with Crippen LogP contribution in [0.25, 0.3) is 0 Å². The van der Waals surface area contributed by atoms with Gasteiger partial charge in [0.05, 0.1) is 18.0 Å². The third-order valence-corrected chi connectivity index (χ3v) is 7.91. The van der Waals surface area contributed by atoms with Gasteiger partial charge in [0.2, 0.25) is 15.9 Å². The van der Waals surface area contributed by atoms with E-state index < -0.39 is 10.0 Å². The molecule has 1 heterocycles. The quantitative estimate of drug-likeness (QED) is 0.377. The summed E-state index contributed by atoms with van der Waals surface area (Å²) in [6.45, 7) is 12.0. The van der Waals surface area contributed by atoms with Crippen LogP contribution in [0.3, 0.4) is 0 Å². The lowest BCUT2D eigenvalue weighted by atomic mass is 10.1. The zero-order valence-corrected chi connectivity index (χ0v) is 22.4. The zero-order valence-electron chi connectivity index (χ0n) is 21.5. The number of carbonyl (C=O) groups excluding carboxylic acids is 1. The molecule has 2 aromatic carbocycles. The molecule has 3 rings (SSSR count). The monoisotopic (exact) mass is 496 g/mol. The van der Waals surface area contributed by atoms with Crippen LogP contribution in [-0.4, -0.2) is 36.6 Å². The van der Waals surface area contributed by atoms with E-state index in [1.54, 1.807) is 4.90 Å². The van der Waals surface area contributed by atoms with E-state index in [9.17, 15) is 13.2 Å². The van der Waals surface area contributed by atoms with Crippen molar-refractivity contribution in [1.82, 2.24) is 9.21 Å². The van der Waals surface area contributed by atoms with Gasteiger partial charge in [0.1, 0.15) is 11.5 Å². The average Bonchev–Trinajstić information content (AvgIpc) is 3.17. The van der Waals surface area contributed by atoms with Gasteiger partial charge in [0, 0.05) is 13.1 Å². The molecular weight excluding hydrogens is 460 g/mol. The number of sulfonamides is 1. The molecule has 0 atom stereocenters. The van der Waals surface area contributed by atoms with Crippen molar-refractivity contribution >= 4 is 15.9 Å². The van der Waals surface area contributed by atoms with Crippen molar-refractivity contribution in [2.24, 2.45) is 5.92 Å². The van der Waals surface area contributed by atoms with Crippen molar-refractivity contribution in [1.29, 1.82) is 0 Å². The van der Waals surface area contributed by atoms with Gasteiger partial charge in [-0.05, 0) is 62.4 Å². The Bertz CT molecular complexity index is 1240. The fraction of sp³-hybridized carbons (Fsp3) is 0.393. The van der Waals surface area contributed by atoms with E-state index in [4.69, 9.17) is 4.42 Å². The van der Waals surface area contributed by atoms with Crippen LogP contribution in [-0.2, 0) is 27.9 Å². The minimum Gasteiger partial charge on any atom is -0.464 e. The molecule has 0 aliphatic heterocycles. The van der Waals surface area contributed by atoms with E-state index in [1.165, 1.54) is 4.31 Å². The van der Waals surface area contributed by atoms with E-state index >= 15 is 0 Å². The van der Waals surface area contributed by atoms with Gasteiger partial charge in [0.15, 0.2) is 0 Å². The lowest BCUT2D eigenvalue weighted by Gasteiger charge is -2.29. The summed E-state index contributed by atoms with van der Waals surface area (Å²) in [4.78, 5) is 15.6. The van der Waals surface area contributed by atoms with Crippen molar-refractivity contribution in [2.75, 3.05) is 13.1 Å². The fourth-order valence-corrected chi connectivity index (χ4v) is 6.37. The Labute approximate surface area is 209 Å². The molecule has 1 amide bonds. The van der Waals surface area contributed by atoms with E-state index in [-0.39, 0.29) is 36.4 Å². The summed E-state index contributed by atoms with van der Waals surface area (Å²) in [5.74, 6) is 1.21. The zero-order chi connectivity index (χ0) is 25.8. The molecule has 7 heteroatoms. The molecule has 0 unspecified atom stereocenters. The molecule has 0 aliphatic carbocycles. The molecule has 3 aromatic rings. The molecule has 0 saturated carbocycles. The number of rotatable bonds is 10. The minimum absolute atomic E-state index is 0.0546. The van der Waals surface area contributed by atoms with Gasteiger partial charge in [-0.15, -0.1) is 0 Å². The fourth-order valence-electron chi connectivity index (χ4n) is 4.40. The van der Waals surface area contributed by atoms with Crippen molar-refractivity contribution in [3.63, 3.8) is 0 Å². The molecular formula is C28H36N2O4S. The van der Waals surface area contributed by atoms with Gasteiger partial charge in [-0.2, -0.15) is 4.31 Å². The molecule has 0 spiro atoms. The highest BCUT2D eigenvalue weighted by Crippen LogP contribution is 2.26. The smallest absolute Gasteiger partial charge is 0.244 e. The number of nitrogens with zero attached hydrogens (tertiary/aromatic N) is 2. The van der Waals surface area contributed by atoms with Crippen LogP contribution < -0.4 is 0 Å². The van der Waals surface area contributed by atoms with E-state index in [0.717, 1.165) is 16.9 Å². The second-order valence-electron chi connectivity index (χ2n) is 9.67. The first-order valence-corrected chi connectivity index (χ1v) is 13.4. The van der Waals surface area contributed by atoms with Crippen LogP contribution >= 0.6 is 0 Å². The highest BCUT2D eigenvalue weighted by Gasteiger charge is 2.31. The van der Waals surface area contributed by atoms with Crippen LogP contribution in [0, 0.1) is 33.6 Å². The summed E-state index contributed by atoms with van der Waals surface area (Å²) in [7, 11) is -3.88. The molecule has 0 aliphatic rings. The highest BCUT2D eigenvalue weighted by molar-refractivity contribution is 7.89. The first-order valence-electron chi connectivity index (χ1n) is 11.9. The lowest BCUT2D eigenvalue weighted by molar-refractivity contribution is -0.133. The molecule has 0 fully saturated rings. The van der Waals surface area contributed by atoms with Crippen LogP contribution in [0.5, 0.6) is 0 Å². The number of amides is 1. The molecule has 1 aromatic heterocycles. The summed E-state index contributed by atoms with van der Waals surface area (Å²) in [6.07, 6.45) is 0. The maximum atomic E-state index is 13.8. The Balaban J connectivity index is 1.94. The second kappa shape index (κ2) is 11.2. The van der Waals surface area contributed by atoms with Gasteiger partial charge in [-0.1, -0.05) is 61.9 Å². The second-order valence-corrected chi connectivity index (χ2v) is 11.5. The van der Waals surface area contributed by atoms with Gasteiger partial charge >= 0.3 is 0 Å². The van der Waals surface area contributed by atoms with Crippen LogP contribution in [0.2, 0.25) is 0 Å². The summed E-state index contributed by atoms with van der Waals surface area (Å²) in [5, 5.41) is 0. The molecule has 0 radical (unpaired) electrons. The first-order chi connectivity index (χ1) is 16.5. The first kappa shape index (κ1) is 26.7. The van der Waals surface area contributed by atoms with E-state index in [2.05, 4.69) is 0 Å². The Morgan fingerprint density at radius 2 is 1.54 bits per heavy atom. The van der Waals surface area contributed by atoms with Crippen LogP contribution in [0.1, 0.15) is 47.6 Å². The molecule has 6 nitrogen and oxygen atoms in total. The summed E-state index contributed by atoms with van der Waals surface area (Å²) in [5.41, 5.74) is 3.35. The van der Waals surface area contributed by atoms with E-state index in [1.807, 2.05) is 96.1 Å². The summed E-state index contributed by atoms with van der Waals surface area (Å²) >= 11 is 0. The number of carbonyl (C=O) groups is 1. The Hall–Kier alpha value is -2.90. The van der Waals surface area contributed by atoms with Crippen molar-refractivity contribution in [3.05, 3.63) is 88.4 Å². The van der Waals surface area contributed by atoms with Gasteiger partial charge in [-0.25, -0.2) is 8.42 Å². The SMILES string of the molecule is Cc1cc(C)c(S(=O)(=O)N(CC(=O)N(Cc2ccccc2)Cc2ccc(C)o2)CC(C)C)c(C)c1. The van der Waals surface area contributed by atoms with Crippen molar-refractivity contribution < 1.29 is 17.6 Å². The molecule has 188 valence electrons. The minimum atomic E-state index is -3.88.